The van der Waals surface area contributed by atoms with Crippen LogP contribution in [0.5, 0.6) is 0 Å². The lowest BCUT2D eigenvalue weighted by atomic mass is 9.86. The fraction of sp³-hybridized carbons (Fsp3) is 0.364. The van der Waals surface area contributed by atoms with Crippen molar-refractivity contribution in [3.05, 3.63) is 30.0 Å². The fourth-order valence-corrected chi connectivity index (χ4v) is 1.52. The first-order valence-electron chi connectivity index (χ1n) is 4.72. The van der Waals surface area contributed by atoms with Gasteiger partial charge in [0.25, 0.3) is 0 Å². The molecule has 3 nitrogen and oxygen atoms in total. The minimum absolute atomic E-state index is 0.172. The molecule has 1 aromatic carbocycles. The molecule has 0 fully saturated rings. The van der Waals surface area contributed by atoms with Crippen LogP contribution in [0.4, 0.5) is 0 Å². The summed E-state index contributed by atoms with van der Waals surface area (Å²) < 4.78 is 0. The first kappa shape index (κ1) is 9.06. The standard InChI is InChI=1S/C11H15N3/c1-11(2,3)9-4-5-10-8(6-9)7-13-14(10)12/h4-7H,12H2,1-3H3. The van der Waals surface area contributed by atoms with Gasteiger partial charge in [0.1, 0.15) is 0 Å². The van der Waals surface area contributed by atoms with Gasteiger partial charge in [-0.15, -0.1) is 0 Å². The molecular formula is C11H15N3. The van der Waals surface area contributed by atoms with Crippen LogP contribution in [0, 0.1) is 0 Å². The lowest BCUT2D eigenvalue weighted by molar-refractivity contribution is 0.591. The molecule has 0 radical (unpaired) electrons. The van der Waals surface area contributed by atoms with Gasteiger partial charge in [-0.25, -0.2) is 0 Å². The second kappa shape index (κ2) is 2.74. The van der Waals surface area contributed by atoms with E-state index >= 15 is 0 Å². The van der Waals surface area contributed by atoms with Crippen molar-refractivity contribution < 1.29 is 0 Å². The summed E-state index contributed by atoms with van der Waals surface area (Å²) in [6.45, 7) is 6.59. The van der Waals surface area contributed by atoms with Gasteiger partial charge in [-0.3, -0.25) is 0 Å². The van der Waals surface area contributed by atoms with Gasteiger partial charge in [-0.1, -0.05) is 26.8 Å². The topological polar surface area (TPSA) is 43.8 Å². The van der Waals surface area contributed by atoms with Crippen LogP contribution in [0.25, 0.3) is 10.9 Å². The maximum atomic E-state index is 5.64. The third-order valence-corrected chi connectivity index (χ3v) is 2.46. The van der Waals surface area contributed by atoms with Crippen molar-refractivity contribution in [3.63, 3.8) is 0 Å². The molecule has 0 amide bonds. The number of fused-ring (bicyclic) bond motifs is 1. The van der Waals surface area contributed by atoms with Crippen molar-refractivity contribution in [2.24, 2.45) is 0 Å². The molecule has 0 saturated carbocycles. The predicted molar refractivity (Wildman–Crippen MR) is 58.6 cm³/mol. The molecule has 0 spiro atoms. The van der Waals surface area contributed by atoms with Crippen LogP contribution >= 0.6 is 0 Å². The lowest BCUT2D eigenvalue weighted by Gasteiger charge is -2.18. The number of benzene rings is 1. The van der Waals surface area contributed by atoms with E-state index < -0.39 is 0 Å². The molecule has 0 bridgehead atoms. The monoisotopic (exact) mass is 189 g/mol. The molecule has 14 heavy (non-hydrogen) atoms. The third kappa shape index (κ3) is 1.35. The molecule has 0 aliphatic heterocycles. The Balaban J connectivity index is 2.63. The van der Waals surface area contributed by atoms with Gasteiger partial charge < -0.3 is 5.84 Å². The van der Waals surface area contributed by atoms with Gasteiger partial charge in [0.15, 0.2) is 0 Å². The highest BCUT2D eigenvalue weighted by Gasteiger charge is 2.14. The number of nitrogens with two attached hydrogens (primary N) is 1. The van der Waals surface area contributed by atoms with Crippen molar-refractivity contribution in [2.45, 2.75) is 26.2 Å². The van der Waals surface area contributed by atoms with Crippen LogP contribution in [-0.4, -0.2) is 9.89 Å². The minimum atomic E-state index is 0.172. The van der Waals surface area contributed by atoms with Crippen LogP contribution in [0.1, 0.15) is 26.3 Å². The summed E-state index contributed by atoms with van der Waals surface area (Å²) in [5, 5.41) is 5.11. The van der Waals surface area contributed by atoms with E-state index in [9.17, 15) is 0 Å². The van der Waals surface area contributed by atoms with Crippen LogP contribution < -0.4 is 5.84 Å². The van der Waals surface area contributed by atoms with Gasteiger partial charge in [0.2, 0.25) is 0 Å². The molecule has 2 rings (SSSR count). The Hall–Kier alpha value is -1.51. The lowest BCUT2D eigenvalue weighted by Crippen LogP contribution is -2.11. The second-order valence-electron chi connectivity index (χ2n) is 4.61. The quantitative estimate of drug-likeness (QED) is 0.644. The Bertz CT molecular complexity index is 463. The molecule has 0 aliphatic rings. The van der Waals surface area contributed by atoms with Crippen LogP contribution in [0.15, 0.2) is 24.4 Å². The molecular weight excluding hydrogens is 174 g/mol. The van der Waals surface area contributed by atoms with Gasteiger partial charge in [-0.2, -0.15) is 9.89 Å². The Morgan fingerprint density at radius 1 is 1.29 bits per heavy atom. The summed E-state index contributed by atoms with van der Waals surface area (Å²) in [6.07, 6.45) is 1.80. The van der Waals surface area contributed by atoms with E-state index in [1.54, 1.807) is 6.20 Å². The SMILES string of the molecule is CC(C)(C)c1ccc2c(cnn2N)c1. The van der Waals surface area contributed by atoms with Crippen molar-refractivity contribution in [1.82, 2.24) is 9.89 Å². The Morgan fingerprint density at radius 3 is 2.64 bits per heavy atom. The number of aromatic nitrogens is 2. The first-order valence-corrected chi connectivity index (χ1v) is 4.72. The highest BCUT2D eigenvalue weighted by molar-refractivity contribution is 5.79. The van der Waals surface area contributed by atoms with Gasteiger partial charge in [0, 0.05) is 5.39 Å². The molecule has 1 heterocycles. The average molecular weight is 189 g/mol. The fourth-order valence-electron chi connectivity index (χ4n) is 1.52. The highest BCUT2D eigenvalue weighted by atomic mass is 15.5. The zero-order chi connectivity index (χ0) is 10.3. The van der Waals surface area contributed by atoms with Crippen LogP contribution in [0.2, 0.25) is 0 Å². The Kier molecular flexibility index (Phi) is 1.77. The van der Waals surface area contributed by atoms with Gasteiger partial charge in [-0.05, 0) is 23.1 Å². The summed E-state index contributed by atoms with van der Waals surface area (Å²) in [5.41, 5.74) is 2.45. The molecule has 2 aromatic rings. The zero-order valence-electron chi connectivity index (χ0n) is 8.78. The normalized spacial score (nSPS) is 12.2. The smallest absolute Gasteiger partial charge is 0.0916 e. The average Bonchev–Trinajstić information content (AvgIpc) is 2.46. The summed E-state index contributed by atoms with van der Waals surface area (Å²) >= 11 is 0. The molecule has 3 heteroatoms. The molecule has 1 aromatic heterocycles. The van der Waals surface area contributed by atoms with Crippen molar-refractivity contribution in [1.29, 1.82) is 0 Å². The summed E-state index contributed by atoms with van der Waals surface area (Å²) in [7, 11) is 0. The van der Waals surface area contributed by atoms with E-state index in [-0.39, 0.29) is 5.41 Å². The number of hydrogen-bond acceptors (Lipinski definition) is 2. The summed E-state index contributed by atoms with van der Waals surface area (Å²) in [6, 6.07) is 6.27. The predicted octanol–water partition coefficient (Wildman–Crippen LogP) is 2.05. The molecule has 2 N–H and O–H groups in total. The Labute approximate surface area is 83.5 Å². The number of rotatable bonds is 0. The van der Waals surface area contributed by atoms with Gasteiger partial charge in [0.05, 0.1) is 11.7 Å². The highest BCUT2D eigenvalue weighted by Crippen LogP contribution is 2.25. The zero-order valence-corrected chi connectivity index (χ0v) is 8.78. The maximum absolute atomic E-state index is 5.64. The molecule has 0 aliphatic carbocycles. The van der Waals surface area contributed by atoms with E-state index in [0.717, 1.165) is 10.9 Å². The van der Waals surface area contributed by atoms with E-state index in [1.807, 2.05) is 6.07 Å². The molecule has 0 unspecified atom stereocenters. The van der Waals surface area contributed by atoms with Crippen molar-refractivity contribution >= 4 is 10.9 Å². The third-order valence-electron chi connectivity index (χ3n) is 2.46. The second-order valence-corrected chi connectivity index (χ2v) is 4.61. The van der Waals surface area contributed by atoms with Gasteiger partial charge >= 0.3 is 0 Å². The van der Waals surface area contributed by atoms with E-state index in [4.69, 9.17) is 5.84 Å². The number of nitrogens with zero attached hydrogens (tertiary/aromatic N) is 2. The van der Waals surface area contributed by atoms with Crippen LogP contribution in [0.3, 0.4) is 0 Å². The first-order chi connectivity index (χ1) is 6.48. The van der Waals surface area contributed by atoms with E-state index in [2.05, 4.69) is 38.0 Å². The summed E-state index contributed by atoms with van der Waals surface area (Å²) in [5.74, 6) is 5.64. The maximum Gasteiger partial charge on any atom is 0.0916 e. The minimum Gasteiger partial charge on any atom is -0.323 e. The van der Waals surface area contributed by atoms with Crippen molar-refractivity contribution in [2.75, 3.05) is 5.84 Å². The molecule has 74 valence electrons. The molecule has 0 atom stereocenters. The number of nitrogen functional groups attached to an aromatic ring is 1. The Morgan fingerprint density at radius 2 is 2.00 bits per heavy atom. The largest absolute Gasteiger partial charge is 0.323 e. The molecule has 0 saturated heterocycles. The van der Waals surface area contributed by atoms with E-state index in [0.29, 0.717) is 0 Å². The summed E-state index contributed by atoms with van der Waals surface area (Å²) in [4.78, 5) is 1.40. The van der Waals surface area contributed by atoms with Crippen LogP contribution in [-0.2, 0) is 5.41 Å². The van der Waals surface area contributed by atoms with E-state index in [1.165, 1.54) is 10.4 Å². The van der Waals surface area contributed by atoms with Crippen molar-refractivity contribution in [3.8, 4) is 0 Å². The number of hydrogen-bond donors (Lipinski definition) is 1.